The summed E-state index contributed by atoms with van der Waals surface area (Å²) in [4.78, 5) is 7.09. The van der Waals surface area contributed by atoms with Gasteiger partial charge in [0.05, 0.1) is 6.33 Å². The zero-order chi connectivity index (χ0) is 10.5. The summed E-state index contributed by atoms with van der Waals surface area (Å²) in [7, 11) is 0. The lowest BCUT2D eigenvalue weighted by Gasteiger charge is -2.28. The molecule has 15 heavy (non-hydrogen) atoms. The minimum Gasteiger partial charge on any atom is -0.381 e. The maximum absolute atomic E-state index is 5.36. The third-order valence-electron chi connectivity index (χ3n) is 3.14. The fraction of sp³-hybridized carbons (Fsp3) is 0.727. The van der Waals surface area contributed by atoms with Gasteiger partial charge in [0.15, 0.2) is 0 Å². The van der Waals surface area contributed by atoms with Crippen LogP contribution in [0.1, 0.15) is 25.5 Å². The van der Waals surface area contributed by atoms with Gasteiger partial charge in [-0.3, -0.25) is 0 Å². The van der Waals surface area contributed by atoms with Gasteiger partial charge in [-0.15, -0.1) is 0 Å². The summed E-state index contributed by atoms with van der Waals surface area (Å²) in [5, 5.41) is 3.53. The molecule has 4 nitrogen and oxygen atoms in total. The van der Waals surface area contributed by atoms with E-state index in [9.17, 15) is 0 Å². The molecule has 1 fully saturated rings. The summed E-state index contributed by atoms with van der Waals surface area (Å²) in [6.45, 7) is 4.96. The smallest absolute Gasteiger partial charge is 0.0922 e. The standard InChI is InChI=1S/C11H19N3O/c1-9(10-2-4-15-5-3-10)13-7-11-6-12-8-14-11/h6,8-10,13H,2-5,7H2,1H3,(H,12,14). The monoisotopic (exact) mass is 209 g/mol. The van der Waals surface area contributed by atoms with E-state index in [2.05, 4.69) is 22.2 Å². The number of H-pyrrole nitrogens is 1. The molecule has 2 N–H and O–H groups in total. The molecule has 0 spiro atoms. The van der Waals surface area contributed by atoms with Gasteiger partial charge in [-0.2, -0.15) is 0 Å². The van der Waals surface area contributed by atoms with Gasteiger partial charge in [0.25, 0.3) is 0 Å². The summed E-state index contributed by atoms with van der Waals surface area (Å²) < 4.78 is 5.36. The highest BCUT2D eigenvalue weighted by Crippen LogP contribution is 2.18. The number of nitrogens with zero attached hydrogens (tertiary/aromatic N) is 1. The molecule has 1 aliphatic heterocycles. The van der Waals surface area contributed by atoms with E-state index >= 15 is 0 Å². The van der Waals surface area contributed by atoms with Gasteiger partial charge >= 0.3 is 0 Å². The van der Waals surface area contributed by atoms with E-state index in [1.165, 1.54) is 12.8 Å². The molecular weight excluding hydrogens is 190 g/mol. The molecule has 1 aromatic rings. The maximum atomic E-state index is 5.36. The number of rotatable bonds is 4. The first-order chi connectivity index (χ1) is 7.36. The predicted octanol–water partition coefficient (Wildman–Crippen LogP) is 1.31. The van der Waals surface area contributed by atoms with Crippen LogP contribution in [-0.2, 0) is 11.3 Å². The van der Waals surface area contributed by atoms with Crippen molar-refractivity contribution in [3.05, 3.63) is 18.2 Å². The van der Waals surface area contributed by atoms with E-state index in [-0.39, 0.29) is 0 Å². The molecule has 0 bridgehead atoms. The van der Waals surface area contributed by atoms with Crippen LogP contribution in [0.25, 0.3) is 0 Å². The summed E-state index contributed by atoms with van der Waals surface area (Å²) in [6, 6.07) is 0.553. The molecule has 1 aliphatic rings. The molecule has 0 radical (unpaired) electrons. The van der Waals surface area contributed by atoms with E-state index in [1.807, 2.05) is 6.20 Å². The number of hydrogen-bond donors (Lipinski definition) is 2. The quantitative estimate of drug-likeness (QED) is 0.786. The molecule has 4 heteroatoms. The Bertz CT molecular complexity index is 267. The van der Waals surface area contributed by atoms with E-state index in [1.54, 1.807) is 6.33 Å². The molecule has 1 saturated heterocycles. The summed E-state index contributed by atoms with van der Waals surface area (Å²) in [5.41, 5.74) is 1.15. The van der Waals surface area contributed by atoms with Crippen molar-refractivity contribution >= 4 is 0 Å². The van der Waals surface area contributed by atoms with Crippen LogP contribution in [0.15, 0.2) is 12.5 Å². The van der Waals surface area contributed by atoms with Crippen molar-refractivity contribution < 1.29 is 4.74 Å². The highest BCUT2D eigenvalue weighted by Gasteiger charge is 2.19. The van der Waals surface area contributed by atoms with Crippen LogP contribution < -0.4 is 5.32 Å². The lowest BCUT2D eigenvalue weighted by atomic mass is 9.93. The van der Waals surface area contributed by atoms with Crippen LogP contribution in [0.2, 0.25) is 0 Å². The van der Waals surface area contributed by atoms with Crippen molar-refractivity contribution in [1.82, 2.24) is 15.3 Å². The molecule has 2 heterocycles. The summed E-state index contributed by atoms with van der Waals surface area (Å²) >= 11 is 0. The zero-order valence-electron chi connectivity index (χ0n) is 9.20. The lowest BCUT2D eigenvalue weighted by molar-refractivity contribution is 0.0557. The Kier molecular flexibility index (Phi) is 3.75. The van der Waals surface area contributed by atoms with Crippen molar-refractivity contribution in [2.45, 2.75) is 32.4 Å². The normalized spacial score (nSPS) is 20.3. The van der Waals surface area contributed by atoms with Gasteiger partial charge in [0.1, 0.15) is 0 Å². The Morgan fingerprint density at radius 3 is 3.07 bits per heavy atom. The second-order valence-electron chi connectivity index (χ2n) is 4.20. The number of ether oxygens (including phenoxy) is 1. The van der Waals surface area contributed by atoms with E-state index < -0.39 is 0 Å². The average molecular weight is 209 g/mol. The van der Waals surface area contributed by atoms with Crippen LogP contribution in [0.4, 0.5) is 0 Å². The molecule has 1 aromatic heterocycles. The SMILES string of the molecule is CC(NCc1cnc[nH]1)C1CCOCC1. The van der Waals surface area contributed by atoms with Gasteiger partial charge in [-0.05, 0) is 25.7 Å². The molecule has 1 unspecified atom stereocenters. The molecule has 1 atom stereocenters. The van der Waals surface area contributed by atoms with E-state index in [4.69, 9.17) is 4.74 Å². The molecular formula is C11H19N3O. The average Bonchev–Trinajstić information content (AvgIpc) is 2.80. The number of imidazole rings is 1. The van der Waals surface area contributed by atoms with E-state index in [0.717, 1.165) is 31.4 Å². The van der Waals surface area contributed by atoms with Gasteiger partial charge in [0.2, 0.25) is 0 Å². The first kappa shape index (κ1) is 10.6. The number of aromatic nitrogens is 2. The van der Waals surface area contributed by atoms with Crippen LogP contribution in [0, 0.1) is 5.92 Å². The third-order valence-corrected chi connectivity index (χ3v) is 3.14. The molecule has 0 aliphatic carbocycles. The number of hydrogen-bond acceptors (Lipinski definition) is 3. The van der Waals surface area contributed by atoms with Crippen molar-refractivity contribution in [2.75, 3.05) is 13.2 Å². The Morgan fingerprint density at radius 1 is 1.60 bits per heavy atom. The third kappa shape index (κ3) is 3.04. The second kappa shape index (κ2) is 5.28. The van der Waals surface area contributed by atoms with Gasteiger partial charge in [-0.25, -0.2) is 4.98 Å². The summed E-state index contributed by atoms with van der Waals surface area (Å²) in [5.74, 6) is 0.752. The first-order valence-electron chi connectivity index (χ1n) is 5.64. The van der Waals surface area contributed by atoms with Gasteiger partial charge in [-0.1, -0.05) is 0 Å². The highest BCUT2D eigenvalue weighted by atomic mass is 16.5. The Balaban J connectivity index is 1.74. The van der Waals surface area contributed by atoms with Crippen molar-refractivity contribution in [3.8, 4) is 0 Å². The maximum Gasteiger partial charge on any atom is 0.0922 e. The Labute approximate surface area is 90.4 Å². The molecule has 84 valence electrons. The Morgan fingerprint density at radius 2 is 2.40 bits per heavy atom. The van der Waals surface area contributed by atoms with Crippen molar-refractivity contribution in [2.24, 2.45) is 5.92 Å². The lowest BCUT2D eigenvalue weighted by Crippen LogP contribution is -2.36. The first-order valence-corrected chi connectivity index (χ1v) is 5.64. The fourth-order valence-corrected chi connectivity index (χ4v) is 2.03. The van der Waals surface area contributed by atoms with Gasteiger partial charge < -0.3 is 15.0 Å². The van der Waals surface area contributed by atoms with Crippen molar-refractivity contribution in [3.63, 3.8) is 0 Å². The second-order valence-corrected chi connectivity index (χ2v) is 4.20. The minimum atomic E-state index is 0.553. The molecule has 0 amide bonds. The fourth-order valence-electron chi connectivity index (χ4n) is 2.03. The number of aromatic amines is 1. The van der Waals surface area contributed by atoms with Crippen molar-refractivity contribution in [1.29, 1.82) is 0 Å². The molecule has 2 rings (SSSR count). The van der Waals surface area contributed by atoms with Crippen LogP contribution >= 0.6 is 0 Å². The van der Waals surface area contributed by atoms with Crippen LogP contribution in [0.5, 0.6) is 0 Å². The van der Waals surface area contributed by atoms with Crippen LogP contribution in [0.3, 0.4) is 0 Å². The largest absolute Gasteiger partial charge is 0.381 e. The number of nitrogens with one attached hydrogen (secondary N) is 2. The van der Waals surface area contributed by atoms with Crippen LogP contribution in [-0.4, -0.2) is 29.2 Å². The highest BCUT2D eigenvalue weighted by molar-refractivity contribution is 4.94. The molecule has 0 aromatic carbocycles. The summed E-state index contributed by atoms with van der Waals surface area (Å²) in [6.07, 6.45) is 5.94. The Hall–Kier alpha value is -0.870. The molecule has 0 saturated carbocycles. The predicted molar refractivity (Wildman–Crippen MR) is 58.4 cm³/mol. The zero-order valence-corrected chi connectivity index (χ0v) is 9.20. The minimum absolute atomic E-state index is 0.553. The van der Waals surface area contributed by atoms with Gasteiger partial charge in [0, 0.05) is 37.7 Å². The topological polar surface area (TPSA) is 49.9 Å². The van der Waals surface area contributed by atoms with E-state index in [0.29, 0.717) is 6.04 Å².